The standard InChI is InChI=1S/C11H16N2/c1-9-2-3-11(13-7-9)6-10-4-5-12-8-10/h2-3,7,10,12H,4-6,8H2,1H3/t10-/m1/s1. The second-order valence-electron chi connectivity index (χ2n) is 3.89. The van der Waals surface area contributed by atoms with Crippen LogP contribution in [0, 0.1) is 12.8 Å². The molecule has 1 atom stereocenters. The fourth-order valence-corrected chi connectivity index (χ4v) is 1.80. The van der Waals surface area contributed by atoms with Crippen LogP contribution < -0.4 is 5.32 Å². The Morgan fingerprint density at radius 2 is 2.46 bits per heavy atom. The van der Waals surface area contributed by atoms with Gasteiger partial charge in [0.2, 0.25) is 0 Å². The maximum absolute atomic E-state index is 4.41. The molecule has 1 N–H and O–H groups in total. The molecule has 0 aromatic carbocycles. The fourth-order valence-electron chi connectivity index (χ4n) is 1.80. The number of hydrogen-bond donors (Lipinski definition) is 1. The maximum atomic E-state index is 4.41. The third kappa shape index (κ3) is 2.28. The number of aryl methyl sites for hydroxylation is 1. The van der Waals surface area contributed by atoms with E-state index in [-0.39, 0.29) is 0 Å². The summed E-state index contributed by atoms with van der Waals surface area (Å²) < 4.78 is 0. The van der Waals surface area contributed by atoms with Crippen LogP contribution in [0.3, 0.4) is 0 Å². The molecule has 1 aromatic heterocycles. The molecule has 0 spiro atoms. The van der Waals surface area contributed by atoms with Crippen molar-refractivity contribution in [1.82, 2.24) is 10.3 Å². The van der Waals surface area contributed by atoms with Crippen molar-refractivity contribution in [3.05, 3.63) is 29.6 Å². The summed E-state index contributed by atoms with van der Waals surface area (Å²) in [5.74, 6) is 0.801. The van der Waals surface area contributed by atoms with Crippen LogP contribution >= 0.6 is 0 Å². The molecule has 1 saturated heterocycles. The zero-order valence-electron chi connectivity index (χ0n) is 8.09. The average molecular weight is 176 g/mol. The molecule has 1 aliphatic rings. The monoisotopic (exact) mass is 176 g/mol. The molecule has 1 fully saturated rings. The van der Waals surface area contributed by atoms with Gasteiger partial charge in [0, 0.05) is 11.9 Å². The van der Waals surface area contributed by atoms with Crippen molar-refractivity contribution < 1.29 is 0 Å². The number of rotatable bonds is 2. The van der Waals surface area contributed by atoms with Crippen molar-refractivity contribution in [2.24, 2.45) is 5.92 Å². The molecule has 13 heavy (non-hydrogen) atoms. The van der Waals surface area contributed by atoms with Gasteiger partial charge >= 0.3 is 0 Å². The van der Waals surface area contributed by atoms with Gasteiger partial charge in [0.15, 0.2) is 0 Å². The predicted molar refractivity (Wildman–Crippen MR) is 53.7 cm³/mol. The zero-order chi connectivity index (χ0) is 9.10. The largest absolute Gasteiger partial charge is 0.316 e. The third-order valence-corrected chi connectivity index (χ3v) is 2.63. The summed E-state index contributed by atoms with van der Waals surface area (Å²) in [7, 11) is 0. The highest BCUT2D eigenvalue weighted by atomic mass is 14.9. The van der Waals surface area contributed by atoms with E-state index in [2.05, 4.69) is 29.4 Å². The first-order valence-electron chi connectivity index (χ1n) is 4.97. The third-order valence-electron chi connectivity index (χ3n) is 2.63. The highest BCUT2D eigenvalue weighted by Crippen LogP contribution is 2.13. The van der Waals surface area contributed by atoms with E-state index in [0.29, 0.717) is 0 Å². The van der Waals surface area contributed by atoms with E-state index >= 15 is 0 Å². The second kappa shape index (κ2) is 3.88. The van der Waals surface area contributed by atoms with Crippen LogP contribution in [0.4, 0.5) is 0 Å². The van der Waals surface area contributed by atoms with Crippen molar-refractivity contribution in [3.63, 3.8) is 0 Å². The lowest BCUT2D eigenvalue weighted by Crippen LogP contribution is -2.11. The quantitative estimate of drug-likeness (QED) is 0.739. The number of nitrogens with zero attached hydrogens (tertiary/aromatic N) is 1. The molecule has 0 bridgehead atoms. The fraction of sp³-hybridized carbons (Fsp3) is 0.545. The summed E-state index contributed by atoms with van der Waals surface area (Å²) in [5, 5.41) is 3.38. The van der Waals surface area contributed by atoms with Crippen LogP contribution in [0.1, 0.15) is 17.7 Å². The van der Waals surface area contributed by atoms with Gasteiger partial charge in [-0.1, -0.05) is 6.07 Å². The highest BCUT2D eigenvalue weighted by Gasteiger charge is 2.14. The summed E-state index contributed by atoms with van der Waals surface area (Å²) in [5.41, 5.74) is 2.48. The van der Waals surface area contributed by atoms with E-state index in [1.165, 1.54) is 24.2 Å². The van der Waals surface area contributed by atoms with Gasteiger partial charge in [-0.2, -0.15) is 0 Å². The predicted octanol–water partition coefficient (Wildman–Crippen LogP) is 1.54. The summed E-state index contributed by atoms with van der Waals surface area (Å²) in [6.45, 7) is 4.42. The molecule has 2 nitrogen and oxygen atoms in total. The molecule has 2 heterocycles. The van der Waals surface area contributed by atoms with Gasteiger partial charge in [0.05, 0.1) is 0 Å². The van der Waals surface area contributed by atoms with Crippen molar-refractivity contribution in [2.45, 2.75) is 19.8 Å². The molecule has 0 unspecified atom stereocenters. The van der Waals surface area contributed by atoms with Crippen molar-refractivity contribution in [3.8, 4) is 0 Å². The van der Waals surface area contributed by atoms with E-state index in [0.717, 1.165) is 18.9 Å². The first kappa shape index (κ1) is 8.70. The van der Waals surface area contributed by atoms with E-state index in [9.17, 15) is 0 Å². The Hall–Kier alpha value is -0.890. The molecule has 1 aromatic rings. The number of nitrogens with one attached hydrogen (secondary N) is 1. The van der Waals surface area contributed by atoms with Crippen molar-refractivity contribution in [1.29, 1.82) is 0 Å². The Morgan fingerprint density at radius 1 is 1.54 bits per heavy atom. The van der Waals surface area contributed by atoms with Gasteiger partial charge in [-0.05, 0) is 50.4 Å². The zero-order valence-corrected chi connectivity index (χ0v) is 8.09. The smallest absolute Gasteiger partial charge is 0.0407 e. The van der Waals surface area contributed by atoms with E-state index in [1.54, 1.807) is 0 Å². The number of pyridine rings is 1. The Kier molecular flexibility index (Phi) is 2.60. The minimum Gasteiger partial charge on any atom is -0.316 e. The molecule has 1 aliphatic heterocycles. The lowest BCUT2D eigenvalue weighted by Gasteiger charge is -2.06. The first-order chi connectivity index (χ1) is 6.34. The van der Waals surface area contributed by atoms with Crippen LogP contribution in [-0.2, 0) is 6.42 Å². The highest BCUT2D eigenvalue weighted by molar-refractivity contribution is 5.12. The van der Waals surface area contributed by atoms with E-state index in [4.69, 9.17) is 0 Å². The van der Waals surface area contributed by atoms with Gasteiger partial charge in [0.25, 0.3) is 0 Å². The number of aromatic nitrogens is 1. The van der Waals surface area contributed by atoms with Gasteiger partial charge in [-0.15, -0.1) is 0 Å². The van der Waals surface area contributed by atoms with E-state index < -0.39 is 0 Å². The van der Waals surface area contributed by atoms with Crippen LogP contribution in [0.5, 0.6) is 0 Å². The number of hydrogen-bond acceptors (Lipinski definition) is 2. The Balaban J connectivity index is 1.97. The normalized spacial score (nSPS) is 22.1. The lowest BCUT2D eigenvalue weighted by atomic mass is 10.0. The molecule has 2 rings (SSSR count). The van der Waals surface area contributed by atoms with Crippen molar-refractivity contribution >= 4 is 0 Å². The summed E-state index contributed by atoms with van der Waals surface area (Å²) in [6, 6.07) is 4.29. The lowest BCUT2D eigenvalue weighted by molar-refractivity contribution is 0.571. The maximum Gasteiger partial charge on any atom is 0.0407 e. The summed E-state index contributed by atoms with van der Waals surface area (Å²) in [6.07, 6.45) is 4.39. The Morgan fingerprint density at radius 3 is 3.08 bits per heavy atom. The van der Waals surface area contributed by atoms with Crippen LogP contribution in [0.25, 0.3) is 0 Å². The molecular weight excluding hydrogens is 160 g/mol. The average Bonchev–Trinajstić information content (AvgIpc) is 2.62. The molecule has 70 valence electrons. The van der Waals surface area contributed by atoms with E-state index in [1.807, 2.05) is 6.20 Å². The molecule has 2 heteroatoms. The Labute approximate surface area is 79.4 Å². The van der Waals surface area contributed by atoms with Crippen molar-refractivity contribution in [2.75, 3.05) is 13.1 Å². The summed E-state index contributed by atoms with van der Waals surface area (Å²) >= 11 is 0. The van der Waals surface area contributed by atoms with Gasteiger partial charge in [-0.25, -0.2) is 0 Å². The second-order valence-corrected chi connectivity index (χ2v) is 3.89. The molecule has 0 amide bonds. The topological polar surface area (TPSA) is 24.9 Å². The van der Waals surface area contributed by atoms with Gasteiger partial charge in [-0.3, -0.25) is 4.98 Å². The summed E-state index contributed by atoms with van der Waals surface area (Å²) in [4.78, 5) is 4.41. The van der Waals surface area contributed by atoms with Crippen LogP contribution in [0.2, 0.25) is 0 Å². The minimum atomic E-state index is 0.801. The van der Waals surface area contributed by atoms with Crippen LogP contribution in [-0.4, -0.2) is 18.1 Å². The SMILES string of the molecule is Cc1ccc(C[C@H]2CCNC2)nc1. The minimum absolute atomic E-state index is 0.801. The van der Waals surface area contributed by atoms with Gasteiger partial charge < -0.3 is 5.32 Å². The van der Waals surface area contributed by atoms with Gasteiger partial charge in [0.1, 0.15) is 0 Å². The first-order valence-corrected chi connectivity index (χ1v) is 4.97. The Bertz CT molecular complexity index is 260. The molecule has 0 saturated carbocycles. The molecule has 0 radical (unpaired) electrons. The van der Waals surface area contributed by atoms with Crippen LogP contribution in [0.15, 0.2) is 18.3 Å². The molecular formula is C11H16N2. The molecule has 0 aliphatic carbocycles.